The minimum absolute atomic E-state index is 0.623. The van der Waals surface area contributed by atoms with Crippen molar-refractivity contribution in [1.82, 2.24) is 10.1 Å². The highest BCUT2D eigenvalue weighted by molar-refractivity contribution is 5.57. The van der Waals surface area contributed by atoms with Crippen LogP contribution < -0.4 is 5.32 Å². The Morgan fingerprint density at radius 2 is 1.71 bits per heavy atom. The van der Waals surface area contributed by atoms with Gasteiger partial charge in [0.1, 0.15) is 0 Å². The van der Waals surface area contributed by atoms with Crippen molar-refractivity contribution in [2.45, 2.75) is 84.1 Å². The quantitative estimate of drug-likeness (QED) is 0.337. The molecule has 0 saturated carbocycles. The van der Waals surface area contributed by atoms with Crippen LogP contribution in [0.1, 0.15) is 80.8 Å². The molecule has 1 aliphatic carbocycles. The maximum Gasteiger partial charge on any atom is 0.257 e. The Balaban J connectivity index is 1.28. The number of aromatic nitrogens is 2. The van der Waals surface area contributed by atoms with E-state index in [9.17, 15) is 0 Å². The third kappa shape index (κ3) is 5.96. The van der Waals surface area contributed by atoms with Crippen molar-refractivity contribution in [2.75, 3.05) is 5.32 Å². The Hall–Kier alpha value is -2.62. The minimum atomic E-state index is 0.623. The average molecular weight is 418 g/mol. The standard InChI is InChI=1S/C27H35N3O/c1-2-3-4-5-6-7-15-26-29-27(31-30-26)23-18-16-21(17-19-23)20-28-25-14-10-12-22-11-8-9-13-24(22)25/h10,12,14,16-19,28H,2-9,11,13,15,20H2,1H3. The SMILES string of the molecule is CCCCCCCCc1noc(-c2ccc(CNc3cccc4c3CCCC4)cc2)n1. The number of benzene rings is 2. The van der Waals surface area contributed by atoms with Crippen molar-refractivity contribution < 1.29 is 4.52 Å². The zero-order chi connectivity index (χ0) is 21.3. The molecule has 0 atom stereocenters. The van der Waals surface area contributed by atoms with Crippen molar-refractivity contribution in [3.63, 3.8) is 0 Å². The monoisotopic (exact) mass is 417 g/mol. The lowest BCUT2D eigenvalue weighted by Gasteiger charge is -2.20. The molecule has 0 fully saturated rings. The lowest BCUT2D eigenvalue weighted by Crippen LogP contribution is -2.08. The molecular formula is C27H35N3O. The van der Waals surface area contributed by atoms with E-state index in [0.717, 1.165) is 30.8 Å². The van der Waals surface area contributed by atoms with Crippen molar-refractivity contribution in [2.24, 2.45) is 0 Å². The lowest BCUT2D eigenvalue weighted by atomic mass is 9.90. The molecular weight excluding hydrogens is 382 g/mol. The fraction of sp³-hybridized carbons (Fsp3) is 0.481. The summed E-state index contributed by atoms with van der Waals surface area (Å²) in [7, 11) is 0. The van der Waals surface area contributed by atoms with Crippen LogP contribution in [0.4, 0.5) is 5.69 Å². The first-order chi connectivity index (χ1) is 15.3. The molecule has 4 rings (SSSR count). The predicted octanol–water partition coefficient (Wildman–Crippen LogP) is 7.13. The Labute approximate surface area is 186 Å². The second kappa shape index (κ2) is 11.1. The van der Waals surface area contributed by atoms with Gasteiger partial charge in [0.25, 0.3) is 5.89 Å². The van der Waals surface area contributed by atoms with Crippen LogP contribution in [0, 0.1) is 0 Å². The first kappa shape index (κ1) is 21.6. The molecule has 1 N–H and O–H groups in total. The number of nitrogens with zero attached hydrogens (tertiary/aromatic N) is 2. The Morgan fingerprint density at radius 3 is 2.58 bits per heavy atom. The van der Waals surface area contributed by atoms with Crippen molar-refractivity contribution in [1.29, 1.82) is 0 Å². The number of hydrogen-bond donors (Lipinski definition) is 1. The van der Waals surface area contributed by atoms with E-state index in [1.807, 2.05) is 0 Å². The highest BCUT2D eigenvalue weighted by Crippen LogP contribution is 2.28. The highest BCUT2D eigenvalue weighted by atomic mass is 16.5. The molecule has 0 bridgehead atoms. The molecule has 0 amide bonds. The second-order valence-corrected chi connectivity index (χ2v) is 8.73. The van der Waals surface area contributed by atoms with E-state index in [1.54, 1.807) is 0 Å². The molecule has 164 valence electrons. The Kier molecular flexibility index (Phi) is 7.76. The van der Waals surface area contributed by atoms with Crippen LogP contribution in [-0.4, -0.2) is 10.1 Å². The molecule has 0 saturated heterocycles. The van der Waals surface area contributed by atoms with Crippen LogP contribution >= 0.6 is 0 Å². The van der Waals surface area contributed by atoms with E-state index in [2.05, 4.69) is 64.8 Å². The Morgan fingerprint density at radius 1 is 0.903 bits per heavy atom. The first-order valence-electron chi connectivity index (χ1n) is 12.1. The number of nitrogens with one attached hydrogen (secondary N) is 1. The topological polar surface area (TPSA) is 51.0 Å². The normalized spacial score (nSPS) is 13.2. The summed E-state index contributed by atoms with van der Waals surface area (Å²) in [5, 5.41) is 7.81. The molecule has 4 heteroatoms. The third-order valence-electron chi connectivity index (χ3n) is 6.30. The zero-order valence-electron chi connectivity index (χ0n) is 18.8. The molecule has 1 heterocycles. The van der Waals surface area contributed by atoms with Gasteiger partial charge >= 0.3 is 0 Å². The van der Waals surface area contributed by atoms with Crippen LogP contribution in [0.2, 0.25) is 0 Å². The molecule has 0 spiro atoms. The van der Waals surface area contributed by atoms with Crippen LogP contribution in [0.3, 0.4) is 0 Å². The zero-order valence-corrected chi connectivity index (χ0v) is 18.8. The molecule has 0 unspecified atom stereocenters. The van der Waals surface area contributed by atoms with E-state index in [0.29, 0.717) is 5.89 Å². The molecule has 0 aliphatic heterocycles. The van der Waals surface area contributed by atoms with Gasteiger partial charge in [0, 0.05) is 24.2 Å². The molecule has 1 aromatic heterocycles. The van der Waals surface area contributed by atoms with Gasteiger partial charge in [-0.25, -0.2) is 0 Å². The summed E-state index contributed by atoms with van der Waals surface area (Å²) in [5.41, 5.74) is 6.55. The van der Waals surface area contributed by atoms with Gasteiger partial charge in [0.2, 0.25) is 0 Å². The molecule has 1 aliphatic rings. The van der Waals surface area contributed by atoms with Crippen LogP contribution in [0.5, 0.6) is 0 Å². The summed E-state index contributed by atoms with van der Waals surface area (Å²) in [6.45, 7) is 3.07. The number of fused-ring (bicyclic) bond motifs is 1. The van der Waals surface area contributed by atoms with E-state index in [1.165, 1.54) is 80.2 Å². The summed E-state index contributed by atoms with van der Waals surface area (Å²) in [6.07, 6.45) is 13.6. The number of rotatable bonds is 11. The number of unbranched alkanes of at least 4 members (excludes halogenated alkanes) is 5. The van der Waals surface area contributed by atoms with Gasteiger partial charge in [-0.1, -0.05) is 68.4 Å². The summed E-state index contributed by atoms with van der Waals surface area (Å²) >= 11 is 0. The van der Waals surface area contributed by atoms with Crippen LogP contribution in [-0.2, 0) is 25.8 Å². The van der Waals surface area contributed by atoms with Gasteiger partial charge in [-0.15, -0.1) is 0 Å². The van der Waals surface area contributed by atoms with Crippen molar-refractivity contribution >= 4 is 5.69 Å². The summed E-state index contributed by atoms with van der Waals surface area (Å²) < 4.78 is 5.50. The highest BCUT2D eigenvalue weighted by Gasteiger charge is 2.13. The van der Waals surface area contributed by atoms with Gasteiger partial charge in [0.15, 0.2) is 5.82 Å². The molecule has 0 radical (unpaired) electrons. The van der Waals surface area contributed by atoms with Gasteiger partial charge in [0.05, 0.1) is 0 Å². The van der Waals surface area contributed by atoms with Gasteiger partial charge in [-0.05, 0) is 67.0 Å². The fourth-order valence-electron chi connectivity index (χ4n) is 4.45. The molecule has 2 aromatic carbocycles. The molecule has 31 heavy (non-hydrogen) atoms. The van der Waals surface area contributed by atoms with Gasteiger partial charge in [-0.3, -0.25) is 0 Å². The Bertz CT molecular complexity index is 945. The number of hydrogen-bond acceptors (Lipinski definition) is 4. The smallest absolute Gasteiger partial charge is 0.257 e. The number of anilines is 1. The van der Waals surface area contributed by atoms with Crippen LogP contribution in [0.15, 0.2) is 47.0 Å². The third-order valence-corrected chi connectivity index (χ3v) is 6.30. The van der Waals surface area contributed by atoms with E-state index < -0.39 is 0 Å². The van der Waals surface area contributed by atoms with Gasteiger partial charge in [-0.2, -0.15) is 4.98 Å². The lowest BCUT2D eigenvalue weighted by molar-refractivity contribution is 0.421. The molecule has 4 nitrogen and oxygen atoms in total. The average Bonchev–Trinajstić information content (AvgIpc) is 3.29. The van der Waals surface area contributed by atoms with E-state index in [4.69, 9.17) is 4.52 Å². The summed E-state index contributed by atoms with van der Waals surface area (Å²) in [6, 6.07) is 15.1. The second-order valence-electron chi connectivity index (χ2n) is 8.73. The van der Waals surface area contributed by atoms with Crippen LogP contribution in [0.25, 0.3) is 11.5 Å². The summed E-state index contributed by atoms with van der Waals surface area (Å²) in [4.78, 5) is 4.59. The summed E-state index contributed by atoms with van der Waals surface area (Å²) in [5.74, 6) is 1.45. The van der Waals surface area contributed by atoms with Crippen molar-refractivity contribution in [3.8, 4) is 11.5 Å². The largest absolute Gasteiger partial charge is 0.381 e. The van der Waals surface area contributed by atoms with Gasteiger partial charge < -0.3 is 9.84 Å². The van der Waals surface area contributed by atoms with Crippen molar-refractivity contribution in [3.05, 3.63) is 65.0 Å². The van der Waals surface area contributed by atoms with E-state index >= 15 is 0 Å². The maximum absolute atomic E-state index is 5.50. The minimum Gasteiger partial charge on any atom is -0.381 e. The van der Waals surface area contributed by atoms with E-state index in [-0.39, 0.29) is 0 Å². The maximum atomic E-state index is 5.50. The molecule has 3 aromatic rings. The fourth-order valence-corrected chi connectivity index (χ4v) is 4.45. The number of aryl methyl sites for hydroxylation is 2. The predicted molar refractivity (Wildman–Crippen MR) is 127 cm³/mol. The first-order valence-corrected chi connectivity index (χ1v) is 12.1.